The maximum absolute atomic E-state index is 12.0. The van der Waals surface area contributed by atoms with Gasteiger partial charge < -0.3 is 14.2 Å². The topological polar surface area (TPSA) is 73.9 Å². The highest BCUT2D eigenvalue weighted by Gasteiger charge is 2.19. The first-order chi connectivity index (χ1) is 11.6. The molecule has 0 fully saturated rings. The Kier molecular flexibility index (Phi) is 7.48. The van der Waals surface area contributed by atoms with Crippen LogP contribution in [-0.4, -0.2) is 30.9 Å². The van der Waals surface area contributed by atoms with Crippen molar-refractivity contribution in [2.75, 3.05) is 18.5 Å². The highest BCUT2D eigenvalue weighted by molar-refractivity contribution is 5.93. The molecule has 0 aliphatic heterocycles. The number of benzene rings is 1. The number of carbonyl (C=O) groups excluding carboxylic acids is 2. The lowest BCUT2D eigenvalue weighted by Gasteiger charge is -2.21. The summed E-state index contributed by atoms with van der Waals surface area (Å²) in [6.07, 6.45) is 0.899. The second-order valence-electron chi connectivity index (χ2n) is 6.93. The molecule has 0 aliphatic carbocycles. The van der Waals surface area contributed by atoms with Gasteiger partial charge in [-0.25, -0.2) is 9.59 Å². The Bertz CT molecular complexity index is 617. The number of hydrogen-bond donors (Lipinski definition) is 1. The van der Waals surface area contributed by atoms with Gasteiger partial charge in [-0.15, -0.1) is 0 Å². The zero-order valence-electron chi connectivity index (χ0n) is 15.5. The van der Waals surface area contributed by atoms with Gasteiger partial charge in [-0.05, 0) is 44.9 Å². The number of ether oxygens (including phenoxy) is 3. The predicted octanol–water partition coefficient (Wildman–Crippen LogP) is 4.41. The normalized spacial score (nSPS) is 11.0. The molecular formula is C19H27NO5. The highest BCUT2D eigenvalue weighted by Crippen LogP contribution is 2.27. The fraction of sp³-hybridized carbons (Fsp3) is 0.474. The molecule has 0 aromatic heterocycles. The molecule has 1 aromatic carbocycles. The van der Waals surface area contributed by atoms with Gasteiger partial charge >= 0.3 is 12.1 Å². The van der Waals surface area contributed by atoms with Gasteiger partial charge in [0, 0.05) is 0 Å². The van der Waals surface area contributed by atoms with E-state index in [2.05, 4.69) is 11.9 Å². The third kappa shape index (κ3) is 7.74. The SMILES string of the molecule is C=CCOC(=O)c1ccc(NC(=O)OC(C)(C)C)c(OCC(C)C)c1. The van der Waals surface area contributed by atoms with E-state index in [0.29, 0.717) is 23.6 Å². The van der Waals surface area contributed by atoms with Crippen LogP contribution in [0.3, 0.4) is 0 Å². The average molecular weight is 349 g/mol. The van der Waals surface area contributed by atoms with Crippen molar-refractivity contribution in [1.29, 1.82) is 0 Å². The van der Waals surface area contributed by atoms with Gasteiger partial charge in [0.2, 0.25) is 0 Å². The van der Waals surface area contributed by atoms with Crippen molar-refractivity contribution in [3.63, 3.8) is 0 Å². The number of esters is 1. The van der Waals surface area contributed by atoms with Crippen LogP contribution in [0.5, 0.6) is 5.75 Å². The first-order valence-corrected chi connectivity index (χ1v) is 8.17. The number of amides is 1. The van der Waals surface area contributed by atoms with Crippen LogP contribution in [0.2, 0.25) is 0 Å². The standard InChI is InChI=1S/C19H27NO5/c1-7-10-23-17(21)14-8-9-15(16(11-14)24-12-13(2)3)20-18(22)25-19(4,5)6/h7-9,11,13H,1,10,12H2,2-6H3,(H,20,22). The van der Waals surface area contributed by atoms with Crippen molar-refractivity contribution in [1.82, 2.24) is 0 Å². The first kappa shape index (κ1) is 20.5. The second-order valence-corrected chi connectivity index (χ2v) is 6.93. The average Bonchev–Trinajstić information content (AvgIpc) is 2.49. The summed E-state index contributed by atoms with van der Waals surface area (Å²) in [7, 11) is 0. The fourth-order valence-electron chi connectivity index (χ4n) is 1.76. The third-order valence-corrected chi connectivity index (χ3v) is 2.76. The van der Waals surface area contributed by atoms with E-state index in [-0.39, 0.29) is 12.5 Å². The van der Waals surface area contributed by atoms with E-state index in [0.717, 1.165) is 0 Å². The Morgan fingerprint density at radius 3 is 2.52 bits per heavy atom. The van der Waals surface area contributed by atoms with Crippen LogP contribution in [0.15, 0.2) is 30.9 Å². The lowest BCUT2D eigenvalue weighted by molar-refractivity contribution is 0.0548. The summed E-state index contributed by atoms with van der Waals surface area (Å²) in [5.74, 6) is 0.177. The summed E-state index contributed by atoms with van der Waals surface area (Å²) < 4.78 is 16.0. The molecule has 0 spiro atoms. The molecule has 0 aliphatic rings. The maximum atomic E-state index is 12.0. The molecule has 1 aromatic rings. The molecule has 0 heterocycles. The molecule has 25 heavy (non-hydrogen) atoms. The Labute approximate surface area is 149 Å². The minimum atomic E-state index is -0.614. The van der Waals surface area contributed by atoms with Crippen molar-refractivity contribution in [3.8, 4) is 5.75 Å². The molecule has 6 heteroatoms. The molecule has 1 amide bonds. The molecule has 0 radical (unpaired) electrons. The van der Waals surface area contributed by atoms with Crippen LogP contribution in [0.25, 0.3) is 0 Å². The van der Waals surface area contributed by atoms with E-state index < -0.39 is 17.7 Å². The molecule has 0 atom stereocenters. The molecular weight excluding hydrogens is 322 g/mol. The monoisotopic (exact) mass is 349 g/mol. The minimum absolute atomic E-state index is 0.124. The first-order valence-electron chi connectivity index (χ1n) is 8.17. The van der Waals surface area contributed by atoms with Gasteiger partial charge in [0.25, 0.3) is 0 Å². The Balaban J connectivity index is 2.99. The summed E-state index contributed by atoms with van der Waals surface area (Å²) in [5.41, 5.74) is 0.141. The fourth-order valence-corrected chi connectivity index (χ4v) is 1.76. The van der Waals surface area contributed by atoms with Gasteiger partial charge in [-0.2, -0.15) is 0 Å². The number of nitrogens with one attached hydrogen (secondary N) is 1. The van der Waals surface area contributed by atoms with Crippen LogP contribution in [0.4, 0.5) is 10.5 Å². The van der Waals surface area contributed by atoms with Crippen LogP contribution in [0.1, 0.15) is 45.0 Å². The molecule has 0 unspecified atom stereocenters. The van der Waals surface area contributed by atoms with Crippen LogP contribution < -0.4 is 10.1 Å². The summed E-state index contributed by atoms with van der Waals surface area (Å²) >= 11 is 0. The maximum Gasteiger partial charge on any atom is 0.412 e. The van der Waals surface area contributed by atoms with E-state index in [4.69, 9.17) is 14.2 Å². The molecule has 1 rings (SSSR count). The molecule has 138 valence electrons. The molecule has 6 nitrogen and oxygen atoms in total. The molecule has 0 saturated carbocycles. The number of anilines is 1. The van der Waals surface area contributed by atoms with Gasteiger partial charge in [0.05, 0.1) is 17.9 Å². The van der Waals surface area contributed by atoms with Crippen LogP contribution in [0, 0.1) is 5.92 Å². The van der Waals surface area contributed by atoms with E-state index in [9.17, 15) is 9.59 Å². The molecule has 0 saturated heterocycles. The highest BCUT2D eigenvalue weighted by atomic mass is 16.6. The van der Waals surface area contributed by atoms with Crippen molar-refractivity contribution in [2.45, 2.75) is 40.2 Å². The zero-order valence-corrected chi connectivity index (χ0v) is 15.5. The Morgan fingerprint density at radius 1 is 1.28 bits per heavy atom. The van der Waals surface area contributed by atoms with E-state index in [1.165, 1.54) is 6.08 Å². The van der Waals surface area contributed by atoms with E-state index >= 15 is 0 Å². The van der Waals surface area contributed by atoms with Crippen LogP contribution in [-0.2, 0) is 9.47 Å². The van der Waals surface area contributed by atoms with Crippen molar-refractivity contribution >= 4 is 17.7 Å². The van der Waals surface area contributed by atoms with Gasteiger partial charge in [-0.1, -0.05) is 26.5 Å². The minimum Gasteiger partial charge on any atom is -0.491 e. The van der Waals surface area contributed by atoms with Crippen molar-refractivity contribution in [2.24, 2.45) is 5.92 Å². The van der Waals surface area contributed by atoms with E-state index in [1.807, 2.05) is 13.8 Å². The lowest BCUT2D eigenvalue weighted by Crippen LogP contribution is -2.27. The molecule has 1 N–H and O–H groups in total. The number of carbonyl (C=O) groups is 2. The predicted molar refractivity (Wildman–Crippen MR) is 97.1 cm³/mol. The summed E-state index contributed by atoms with van der Waals surface area (Å²) in [6, 6.07) is 4.69. The smallest absolute Gasteiger partial charge is 0.412 e. The summed E-state index contributed by atoms with van der Waals surface area (Å²) in [4.78, 5) is 24.0. The third-order valence-electron chi connectivity index (χ3n) is 2.76. The lowest BCUT2D eigenvalue weighted by atomic mass is 10.2. The second kappa shape index (κ2) is 9.11. The quantitative estimate of drug-likeness (QED) is 0.583. The summed E-state index contributed by atoms with van der Waals surface area (Å²) in [5, 5.41) is 2.65. The zero-order chi connectivity index (χ0) is 19.0. The van der Waals surface area contributed by atoms with Gasteiger partial charge in [0.15, 0.2) is 0 Å². The van der Waals surface area contributed by atoms with Crippen molar-refractivity contribution < 1.29 is 23.8 Å². The van der Waals surface area contributed by atoms with Gasteiger partial charge in [0.1, 0.15) is 18.0 Å². The number of rotatable bonds is 7. The summed E-state index contributed by atoms with van der Waals surface area (Å²) in [6.45, 7) is 13.4. The Hall–Kier alpha value is -2.50. The Morgan fingerprint density at radius 2 is 1.96 bits per heavy atom. The van der Waals surface area contributed by atoms with Crippen LogP contribution >= 0.6 is 0 Å². The number of hydrogen-bond acceptors (Lipinski definition) is 5. The van der Waals surface area contributed by atoms with Crippen molar-refractivity contribution in [3.05, 3.63) is 36.4 Å². The van der Waals surface area contributed by atoms with Gasteiger partial charge in [-0.3, -0.25) is 5.32 Å². The van der Waals surface area contributed by atoms with E-state index in [1.54, 1.807) is 39.0 Å². The largest absolute Gasteiger partial charge is 0.491 e. The molecule has 0 bridgehead atoms.